The lowest BCUT2D eigenvalue weighted by atomic mass is 9.62. The molecule has 0 N–H and O–H groups in total. The van der Waals surface area contributed by atoms with Crippen LogP contribution in [0.5, 0.6) is 0 Å². The molecule has 0 bridgehead atoms. The molecule has 0 aromatic carbocycles. The number of carbonyl (C=O) groups is 1. The third-order valence-electron chi connectivity index (χ3n) is 4.65. The van der Waals surface area contributed by atoms with Crippen LogP contribution in [-0.4, -0.2) is 5.78 Å². The molecule has 0 saturated heterocycles. The molecular formula is C14H24O. The molecule has 0 aromatic heterocycles. The van der Waals surface area contributed by atoms with E-state index >= 15 is 0 Å². The Bertz CT molecular complexity index is 249. The largest absolute Gasteiger partial charge is 0.300 e. The van der Waals surface area contributed by atoms with Gasteiger partial charge in [0.15, 0.2) is 0 Å². The molecule has 1 heteroatoms. The third kappa shape index (κ3) is 2.43. The molecule has 0 aromatic rings. The summed E-state index contributed by atoms with van der Waals surface area (Å²) in [6.45, 7) is 7.10. The lowest BCUT2D eigenvalue weighted by molar-refractivity contribution is -0.123. The number of carbonyl (C=O) groups excluding carboxylic acids is 1. The second kappa shape index (κ2) is 3.92. The second-order valence-corrected chi connectivity index (χ2v) is 6.68. The molecule has 0 spiro atoms. The lowest BCUT2D eigenvalue weighted by Gasteiger charge is -2.43. The normalized spacial score (nSPS) is 37.5. The zero-order chi connectivity index (χ0) is 11.1. The fraction of sp³-hybridized carbons (Fsp3) is 0.929. The van der Waals surface area contributed by atoms with Gasteiger partial charge in [-0.05, 0) is 48.9 Å². The van der Waals surface area contributed by atoms with Gasteiger partial charge in [0.25, 0.3) is 0 Å². The van der Waals surface area contributed by atoms with Gasteiger partial charge in [-0.25, -0.2) is 0 Å². The van der Waals surface area contributed by atoms with Crippen molar-refractivity contribution in [2.75, 3.05) is 0 Å². The summed E-state index contributed by atoms with van der Waals surface area (Å²) in [5.41, 5.74) is 0.465. The van der Waals surface area contributed by atoms with Crippen LogP contribution in [0.3, 0.4) is 0 Å². The standard InChI is InChI=1S/C14H24O/c1-14(2,3)12-6-4-11-9-13(15)7-5-10(11)8-12/h10-12H,4-9H2,1-3H3. The monoisotopic (exact) mass is 208 g/mol. The molecule has 0 heterocycles. The number of rotatable bonds is 0. The fourth-order valence-electron chi connectivity index (χ4n) is 3.48. The predicted octanol–water partition coefficient (Wildman–Crippen LogP) is 3.82. The van der Waals surface area contributed by atoms with Gasteiger partial charge in [0, 0.05) is 12.8 Å². The van der Waals surface area contributed by atoms with Gasteiger partial charge >= 0.3 is 0 Å². The van der Waals surface area contributed by atoms with Crippen molar-refractivity contribution in [3.8, 4) is 0 Å². The summed E-state index contributed by atoms with van der Waals surface area (Å²) in [4.78, 5) is 11.4. The summed E-state index contributed by atoms with van der Waals surface area (Å²) in [5, 5.41) is 0. The SMILES string of the molecule is CC(C)(C)C1CCC2CC(=O)CCC2C1. The molecule has 86 valence electrons. The molecule has 3 atom stereocenters. The van der Waals surface area contributed by atoms with E-state index in [0.29, 0.717) is 11.2 Å². The summed E-state index contributed by atoms with van der Waals surface area (Å²) >= 11 is 0. The highest BCUT2D eigenvalue weighted by Crippen LogP contribution is 2.47. The van der Waals surface area contributed by atoms with Crippen molar-refractivity contribution in [2.45, 2.75) is 59.3 Å². The highest BCUT2D eigenvalue weighted by atomic mass is 16.1. The van der Waals surface area contributed by atoms with E-state index < -0.39 is 0 Å². The summed E-state index contributed by atoms with van der Waals surface area (Å²) in [6.07, 6.45) is 6.95. The molecule has 0 amide bonds. The van der Waals surface area contributed by atoms with Crippen molar-refractivity contribution >= 4 is 5.78 Å². The minimum absolute atomic E-state index is 0.465. The van der Waals surface area contributed by atoms with Gasteiger partial charge in [0.05, 0.1) is 0 Å². The molecule has 2 aliphatic rings. The zero-order valence-electron chi connectivity index (χ0n) is 10.4. The number of hydrogen-bond acceptors (Lipinski definition) is 1. The Labute approximate surface area is 93.6 Å². The summed E-state index contributed by atoms with van der Waals surface area (Å²) in [6, 6.07) is 0. The average molecular weight is 208 g/mol. The lowest BCUT2D eigenvalue weighted by Crippen LogP contribution is -2.35. The van der Waals surface area contributed by atoms with Crippen LogP contribution in [0.2, 0.25) is 0 Å². The molecule has 15 heavy (non-hydrogen) atoms. The first kappa shape index (κ1) is 11.2. The van der Waals surface area contributed by atoms with Crippen LogP contribution in [0.1, 0.15) is 59.3 Å². The maximum Gasteiger partial charge on any atom is 0.133 e. The van der Waals surface area contributed by atoms with Crippen LogP contribution in [0, 0.1) is 23.2 Å². The Balaban J connectivity index is 1.98. The molecule has 2 aliphatic carbocycles. The maximum absolute atomic E-state index is 11.4. The van der Waals surface area contributed by atoms with E-state index in [1.54, 1.807) is 0 Å². The Morgan fingerprint density at radius 3 is 2.47 bits per heavy atom. The third-order valence-corrected chi connectivity index (χ3v) is 4.65. The van der Waals surface area contributed by atoms with Crippen molar-refractivity contribution in [1.82, 2.24) is 0 Å². The van der Waals surface area contributed by atoms with Crippen molar-refractivity contribution in [3.63, 3.8) is 0 Å². The van der Waals surface area contributed by atoms with Crippen molar-refractivity contribution in [3.05, 3.63) is 0 Å². The number of ketones is 1. The molecular weight excluding hydrogens is 184 g/mol. The van der Waals surface area contributed by atoms with Crippen LogP contribution >= 0.6 is 0 Å². The van der Waals surface area contributed by atoms with Crippen LogP contribution < -0.4 is 0 Å². The fourth-order valence-corrected chi connectivity index (χ4v) is 3.48. The molecule has 1 nitrogen and oxygen atoms in total. The average Bonchev–Trinajstić information content (AvgIpc) is 2.15. The van der Waals surface area contributed by atoms with Gasteiger partial charge < -0.3 is 0 Å². The van der Waals surface area contributed by atoms with Gasteiger partial charge in [-0.3, -0.25) is 4.79 Å². The number of hydrogen-bond donors (Lipinski definition) is 0. The minimum atomic E-state index is 0.465. The van der Waals surface area contributed by atoms with Gasteiger partial charge in [-0.2, -0.15) is 0 Å². The molecule has 2 fully saturated rings. The topological polar surface area (TPSA) is 17.1 Å². The first-order valence-corrected chi connectivity index (χ1v) is 6.48. The minimum Gasteiger partial charge on any atom is -0.300 e. The first-order chi connectivity index (χ1) is 6.97. The molecule has 2 rings (SSSR count). The summed E-state index contributed by atoms with van der Waals surface area (Å²) in [5.74, 6) is 3.00. The van der Waals surface area contributed by atoms with Crippen molar-refractivity contribution < 1.29 is 4.79 Å². The highest BCUT2D eigenvalue weighted by molar-refractivity contribution is 5.79. The molecule has 2 saturated carbocycles. The van der Waals surface area contributed by atoms with Gasteiger partial charge in [-0.15, -0.1) is 0 Å². The second-order valence-electron chi connectivity index (χ2n) is 6.68. The van der Waals surface area contributed by atoms with Crippen LogP contribution in [0.15, 0.2) is 0 Å². The van der Waals surface area contributed by atoms with Gasteiger partial charge in [0.1, 0.15) is 5.78 Å². The maximum atomic E-state index is 11.4. The Hall–Kier alpha value is -0.330. The first-order valence-electron chi connectivity index (χ1n) is 6.48. The van der Waals surface area contributed by atoms with E-state index in [1.165, 1.54) is 25.7 Å². The van der Waals surface area contributed by atoms with E-state index in [1.807, 2.05) is 0 Å². The van der Waals surface area contributed by atoms with E-state index in [0.717, 1.165) is 30.6 Å². The van der Waals surface area contributed by atoms with E-state index in [2.05, 4.69) is 20.8 Å². The zero-order valence-corrected chi connectivity index (χ0v) is 10.4. The Morgan fingerprint density at radius 2 is 1.80 bits per heavy atom. The summed E-state index contributed by atoms with van der Waals surface area (Å²) in [7, 11) is 0. The Kier molecular flexibility index (Phi) is 2.92. The summed E-state index contributed by atoms with van der Waals surface area (Å²) < 4.78 is 0. The van der Waals surface area contributed by atoms with Crippen molar-refractivity contribution in [1.29, 1.82) is 0 Å². The van der Waals surface area contributed by atoms with E-state index in [-0.39, 0.29) is 0 Å². The van der Waals surface area contributed by atoms with Crippen LogP contribution in [0.4, 0.5) is 0 Å². The van der Waals surface area contributed by atoms with E-state index in [4.69, 9.17) is 0 Å². The highest BCUT2D eigenvalue weighted by Gasteiger charge is 2.38. The van der Waals surface area contributed by atoms with E-state index in [9.17, 15) is 4.79 Å². The predicted molar refractivity (Wildman–Crippen MR) is 62.6 cm³/mol. The number of fused-ring (bicyclic) bond motifs is 1. The quantitative estimate of drug-likeness (QED) is 0.591. The van der Waals surface area contributed by atoms with Crippen LogP contribution in [0.25, 0.3) is 0 Å². The van der Waals surface area contributed by atoms with Crippen molar-refractivity contribution in [2.24, 2.45) is 23.2 Å². The molecule has 0 aliphatic heterocycles. The Morgan fingerprint density at radius 1 is 1.07 bits per heavy atom. The van der Waals surface area contributed by atoms with Crippen LogP contribution in [-0.2, 0) is 4.79 Å². The molecule has 3 unspecified atom stereocenters. The smallest absolute Gasteiger partial charge is 0.133 e. The molecule has 0 radical (unpaired) electrons. The van der Waals surface area contributed by atoms with Gasteiger partial charge in [-0.1, -0.05) is 20.8 Å². The van der Waals surface area contributed by atoms with Gasteiger partial charge in [0.2, 0.25) is 0 Å². The number of Topliss-reactive ketones (excluding diaryl/α,β-unsaturated/α-hetero) is 1.